The monoisotopic (exact) mass is 516 g/mol. The molecule has 1 spiro atoms. The van der Waals surface area contributed by atoms with Gasteiger partial charge in [-0.2, -0.15) is 0 Å². The molecule has 2 bridgehead atoms. The third kappa shape index (κ3) is 3.75. The quantitative estimate of drug-likeness (QED) is 0.356. The zero-order chi connectivity index (χ0) is 26.7. The number of hydrogen-bond acceptors (Lipinski definition) is 10. The predicted octanol–water partition coefficient (Wildman–Crippen LogP) is 1.65. The van der Waals surface area contributed by atoms with Gasteiger partial charge in [-0.1, -0.05) is 12.5 Å². The number of aromatic hydroxyl groups is 1. The van der Waals surface area contributed by atoms with Gasteiger partial charge in [0.2, 0.25) is 6.10 Å². The lowest BCUT2D eigenvalue weighted by atomic mass is 9.47. The first kappa shape index (κ1) is 25.1. The molecule has 4 aliphatic rings. The van der Waals surface area contributed by atoms with Gasteiger partial charge in [-0.15, -0.1) is 0 Å². The van der Waals surface area contributed by atoms with E-state index in [4.69, 9.17) is 19.3 Å². The van der Waals surface area contributed by atoms with Crippen LogP contribution in [0.2, 0.25) is 0 Å². The van der Waals surface area contributed by atoms with E-state index in [1.165, 1.54) is 6.92 Å². The van der Waals surface area contributed by atoms with Crippen LogP contribution in [0.25, 0.3) is 0 Å². The van der Waals surface area contributed by atoms with Gasteiger partial charge >= 0.3 is 23.9 Å². The molecule has 11 heteroatoms. The minimum absolute atomic E-state index is 0.0110. The van der Waals surface area contributed by atoms with Crippen molar-refractivity contribution in [2.75, 3.05) is 0 Å². The Hall–Kier alpha value is -3.60. The number of carbonyl (C=O) groups is 4. The van der Waals surface area contributed by atoms with E-state index in [9.17, 15) is 29.4 Å². The van der Waals surface area contributed by atoms with E-state index in [2.05, 4.69) is 4.74 Å². The van der Waals surface area contributed by atoms with Crippen LogP contribution in [0.3, 0.4) is 0 Å². The summed E-state index contributed by atoms with van der Waals surface area (Å²) in [6, 6.07) is 3.42. The Bertz CT molecular complexity index is 1220. The van der Waals surface area contributed by atoms with Crippen molar-refractivity contribution in [3.63, 3.8) is 0 Å². The van der Waals surface area contributed by atoms with E-state index >= 15 is 0 Å². The number of carboxylic acid groups (broad SMARTS) is 1. The molecule has 1 aliphatic heterocycles. The van der Waals surface area contributed by atoms with E-state index in [-0.39, 0.29) is 29.6 Å². The lowest BCUT2D eigenvalue weighted by Gasteiger charge is -2.59. The molecule has 0 amide bonds. The van der Waals surface area contributed by atoms with E-state index in [1.54, 1.807) is 12.1 Å². The van der Waals surface area contributed by atoms with Crippen LogP contribution < -0.4 is 4.74 Å². The highest BCUT2D eigenvalue weighted by Gasteiger charge is 2.70. The number of rotatable bonds is 7. The minimum Gasteiger partial charge on any atom is -0.504 e. The number of hydrogen-bond donors (Lipinski definition) is 3. The van der Waals surface area contributed by atoms with Crippen LogP contribution in [0.15, 0.2) is 24.0 Å². The number of phenols is 1. The zero-order valence-corrected chi connectivity index (χ0v) is 20.4. The molecule has 6 atom stereocenters. The van der Waals surface area contributed by atoms with E-state index < -0.39 is 59.6 Å². The molecule has 5 rings (SSSR count). The molecule has 1 fully saturated rings. The lowest BCUT2D eigenvalue weighted by Crippen LogP contribution is -2.67. The normalized spacial score (nSPS) is 30.1. The van der Waals surface area contributed by atoms with Crippen LogP contribution in [-0.4, -0.2) is 63.1 Å². The number of carbonyl (C=O) groups excluding carboxylic acids is 3. The summed E-state index contributed by atoms with van der Waals surface area (Å²) in [5.74, 6) is -4.01. The van der Waals surface area contributed by atoms with E-state index in [0.29, 0.717) is 12.8 Å². The summed E-state index contributed by atoms with van der Waals surface area (Å²) in [6.45, 7) is 2.28. The Morgan fingerprint density at radius 1 is 1.22 bits per heavy atom. The van der Waals surface area contributed by atoms with Crippen LogP contribution in [0.5, 0.6) is 11.5 Å². The molecule has 1 aromatic rings. The molecule has 1 aromatic carbocycles. The molecule has 0 saturated heterocycles. The molecular weight excluding hydrogens is 488 g/mol. The maximum atomic E-state index is 12.9. The number of benzene rings is 1. The smallest absolute Gasteiger partial charge is 0.352 e. The van der Waals surface area contributed by atoms with Gasteiger partial charge in [0.15, 0.2) is 23.7 Å². The van der Waals surface area contributed by atoms with Crippen LogP contribution in [-0.2, 0) is 45.2 Å². The van der Waals surface area contributed by atoms with Crippen LogP contribution >= 0.6 is 0 Å². The molecule has 1 heterocycles. The second-order valence-electron chi connectivity index (χ2n) is 10.1. The molecule has 0 radical (unpaired) electrons. The average molecular weight is 516 g/mol. The number of aliphatic carboxylic acids is 1. The summed E-state index contributed by atoms with van der Waals surface area (Å²) in [6.07, 6.45) is -0.0171. The van der Waals surface area contributed by atoms with Crippen LogP contribution in [0.4, 0.5) is 0 Å². The van der Waals surface area contributed by atoms with Gasteiger partial charge in [-0.25, -0.2) is 9.59 Å². The first-order valence-electron chi connectivity index (χ1n) is 12.2. The molecule has 3 aliphatic carbocycles. The minimum atomic E-state index is -1.75. The molecule has 0 unspecified atom stereocenters. The van der Waals surface area contributed by atoms with Crippen molar-refractivity contribution in [3.8, 4) is 11.5 Å². The lowest BCUT2D eigenvalue weighted by molar-refractivity contribution is -0.175. The van der Waals surface area contributed by atoms with Gasteiger partial charge in [0.25, 0.3) is 0 Å². The highest BCUT2D eigenvalue weighted by atomic mass is 16.6. The second-order valence-corrected chi connectivity index (χ2v) is 10.1. The average Bonchev–Trinajstić information content (AvgIpc) is 3.16. The first-order chi connectivity index (χ1) is 17.5. The van der Waals surface area contributed by atoms with Gasteiger partial charge < -0.3 is 34.3 Å². The third-order valence-corrected chi connectivity index (χ3v) is 8.06. The van der Waals surface area contributed by atoms with Gasteiger partial charge in [0.05, 0.1) is 17.4 Å². The summed E-state index contributed by atoms with van der Waals surface area (Å²) in [5, 5.41) is 31.6. The number of ether oxygens (including phenoxy) is 4. The van der Waals surface area contributed by atoms with Crippen molar-refractivity contribution in [2.24, 2.45) is 5.92 Å². The summed E-state index contributed by atoms with van der Waals surface area (Å²) in [5.41, 5.74) is -0.249. The predicted molar refractivity (Wildman–Crippen MR) is 122 cm³/mol. The van der Waals surface area contributed by atoms with Gasteiger partial charge in [-0.05, 0) is 56.2 Å². The molecule has 198 valence electrons. The Morgan fingerprint density at radius 2 is 1.97 bits per heavy atom. The van der Waals surface area contributed by atoms with Crippen molar-refractivity contribution < 1.29 is 53.4 Å². The van der Waals surface area contributed by atoms with E-state index in [0.717, 1.165) is 30.9 Å². The van der Waals surface area contributed by atoms with E-state index in [1.807, 2.05) is 6.07 Å². The third-order valence-electron chi connectivity index (χ3n) is 8.06. The number of carboxylic acids is 1. The van der Waals surface area contributed by atoms with Crippen molar-refractivity contribution in [1.29, 1.82) is 0 Å². The Labute approximate surface area is 212 Å². The molecular formula is C26H28O11. The highest BCUT2D eigenvalue weighted by Crippen LogP contribution is 2.67. The van der Waals surface area contributed by atoms with Crippen LogP contribution in [0, 0.1) is 5.92 Å². The summed E-state index contributed by atoms with van der Waals surface area (Å²) in [4.78, 5) is 47.4. The largest absolute Gasteiger partial charge is 0.504 e. The maximum Gasteiger partial charge on any atom is 0.352 e. The van der Waals surface area contributed by atoms with Gasteiger partial charge in [0, 0.05) is 12.5 Å². The molecule has 11 nitrogen and oxygen atoms in total. The SMILES string of the molecule is CC(=O)O[C@@H](CC(=O)O[C@@H](C)C(=O)OC1=CC[C@@]2(O)[C@@H]3CCC[C@@]24c2c(ccc(O)c2O[C@@H]14)C3)C(=O)O. The number of phenolic OH excluding ortho intramolecular Hbond substituents is 1. The Balaban J connectivity index is 1.35. The first-order valence-corrected chi connectivity index (χ1v) is 12.2. The molecule has 0 aromatic heterocycles. The zero-order valence-electron chi connectivity index (χ0n) is 20.4. The topological polar surface area (TPSA) is 166 Å². The van der Waals surface area contributed by atoms with Crippen molar-refractivity contribution >= 4 is 23.9 Å². The van der Waals surface area contributed by atoms with Crippen molar-refractivity contribution in [1.82, 2.24) is 0 Å². The fourth-order valence-electron chi connectivity index (χ4n) is 6.55. The Morgan fingerprint density at radius 3 is 2.68 bits per heavy atom. The fraction of sp³-hybridized carbons (Fsp3) is 0.538. The summed E-state index contributed by atoms with van der Waals surface area (Å²) < 4.78 is 21.4. The fourth-order valence-corrected chi connectivity index (χ4v) is 6.55. The van der Waals surface area contributed by atoms with Gasteiger partial charge in [-0.3, -0.25) is 9.59 Å². The maximum absolute atomic E-state index is 12.9. The Kier molecular flexibility index (Phi) is 5.93. The van der Waals surface area contributed by atoms with Crippen LogP contribution in [0.1, 0.15) is 57.1 Å². The standard InChI is InChI=1S/C26H28O11/c1-12(34-19(29)11-18(23(30)31)35-13(2)27)24(32)36-17-7-9-26(33)15-4-3-8-25(26)20-14(10-15)5-6-16(28)21(20)37-22(17)25/h5-7,12,15,18,22,28,33H,3-4,8-11H2,1-2H3,(H,30,31)/t12-,15+,18-,22-,25-,26+/m0/s1. The van der Waals surface area contributed by atoms with Crippen molar-refractivity contribution in [2.45, 2.75) is 81.7 Å². The number of aliphatic hydroxyl groups is 1. The summed E-state index contributed by atoms with van der Waals surface area (Å²) in [7, 11) is 0. The highest BCUT2D eigenvalue weighted by molar-refractivity contribution is 5.85. The second kappa shape index (κ2) is 8.76. The number of esters is 3. The summed E-state index contributed by atoms with van der Waals surface area (Å²) >= 11 is 0. The van der Waals surface area contributed by atoms with Gasteiger partial charge in [0.1, 0.15) is 5.76 Å². The molecule has 37 heavy (non-hydrogen) atoms. The van der Waals surface area contributed by atoms with Crippen molar-refractivity contribution in [3.05, 3.63) is 35.1 Å². The molecule has 1 saturated carbocycles. The molecule has 3 N–H and O–H groups in total.